The minimum atomic E-state index is -5.58. The van der Waals surface area contributed by atoms with Gasteiger partial charge in [0.2, 0.25) is 0 Å². The van der Waals surface area contributed by atoms with E-state index in [1.54, 1.807) is 0 Å². The molecule has 2 N–H and O–H groups in total. The monoisotopic (exact) mass is 719 g/mol. The fourth-order valence-corrected chi connectivity index (χ4v) is 5.39. The first kappa shape index (κ1) is 36.8. The van der Waals surface area contributed by atoms with E-state index in [-0.39, 0.29) is 34.3 Å². The van der Waals surface area contributed by atoms with Gasteiger partial charge in [0, 0.05) is 34.9 Å². The average molecular weight is 720 g/mol. The first-order valence-corrected chi connectivity index (χ1v) is 14.4. The van der Waals surface area contributed by atoms with Crippen molar-refractivity contribution in [2.45, 2.75) is 50.2 Å². The topological polar surface area (TPSA) is 96.9 Å². The molecule has 0 saturated carbocycles. The Labute approximate surface area is 256 Å². The van der Waals surface area contributed by atoms with Gasteiger partial charge in [0.05, 0.1) is 31.9 Å². The quantitative estimate of drug-likeness (QED) is 0.260. The van der Waals surface area contributed by atoms with Gasteiger partial charge in [-0.15, -0.1) is 0 Å². The number of nitrogens with one attached hydrogen (secondary N) is 2. The van der Waals surface area contributed by atoms with E-state index >= 15 is 0 Å². The van der Waals surface area contributed by atoms with E-state index in [2.05, 4.69) is 15.3 Å². The molecular weight excluding hydrogens is 702 g/mol. The Hall–Kier alpha value is -3.68. The maximum Gasteiger partial charge on any atom is 0.472 e. The standard InChI is InChI=1S/C25H18ClF12N3O4S/c1-2-46(44,41-20(43)24(33,34)35)11-19(42)39-10-13-4-3-12(5-17(13)26)18-9-21(45-40-18,25(36,37)38)14-6-15(22(27,28)29)8-16(7-14)23(30,31)32/h3-8,11H,2,9-10H2,1H3,(H,39,42)(H,41,43,44). The number of halogens is 13. The van der Waals surface area contributed by atoms with Crippen LogP contribution in [0.3, 0.4) is 0 Å². The van der Waals surface area contributed by atoms with Crippen LogP contribution in [-0.2, 0) is 48.6 Å². The number of amides is 2. The lowest BCUT2D eigenvalue weighted by Gasteiger charge is -2.30. The predicted molar refractivity (Wildman–Crippen MR) is 139 cm³/mol. The lowest BCUT2D eigenvalue weighted by molar-refractivity contribution is -0.276. The predicted octanol–water partition coefficient (Wildman–Crippen LogP) is 6.28. The minimum absolute atomic E-state index is 0.0452. The highest BCUT2D eigenvalue weighted by Gasteiger charge is 2.63. The molecule has 1 aliphatic heterocycles. The molecule has 7 nitrogen and oxygen atoms in total. The number of oxime groups is 1. The van der Waals surface area contributed by atoms with Gasteiger partial charge in [0.1, 0.15) is 0 Å². The summed E-state index contributed by atoms with van der Waals surface area (Å²) in [5, 5.41) is 5.48. The molecule has 2 atom stereocenters. The lowest BCUT2D eigenvalue weighted by atomic mass is 9.84. The molecule has 46 heavy (non-hydrogen) atoms. The van der Waals surface area contributed by atoms with E-state index in [0.29, 0.717) is 5.37 Å². The second kappa shape index (κ2) is 12.5. The average Bonchev–Trinajstić information content (AvgIpc) is 3.38. The normalized spacial score (nSPS) is 18.7. The number of benzene rings is 2. The summed E-state index contributed by atoms with van der Waals surface area (Å²) in [6.45, 7) is 0.643. The van der Waals surface area contributed by atoms with Crippen LogP contribution in [0, 0.1) is 0 Å². The maximum atomic E-state index is 14.3. The van der Waals surface area contributed by atoms with Gasteiger partial charge in [0.15, 0.2) is 0 Å². The molecule has 0 saturated heterocycles. The van der Waals surface area contributed by atoms with Crippen LogP contribution in [0.1, 0.15) is 41.2 Å². The van der Waals surface area contributed by atoms with Crippen LogP contribution in [0.15, 0.2) is 41.6 Å². The second-order valence-corrected chi connectivity index (χ2v) is 12.4. The van der Waals surface area contributed by atoms with Gasteiger partial charge >= 0.3 is 30.6 Å². The number of carbonyl (C=O) groups excluding carboxylic acids is 2. The zero-order chi connectivity index (χ0) is 35.1. The third-order valence-corrected chi connectivity index (χ3v) is 8.66. The van der Waals surface area contributed by atoms with Crippen LogP contribution < -0.4 is 10.0 Å². The van der Waals surface area contributed by atoms with Gasteiger partial charge in [-0.1, -0.05) is 35.8 Å². The van der Waals surface area contributed by atoms with Crippen LogP contribution in [0.2, 0.25) is 5.02 Å². The molecule has 21 heteroatoms. The fourth-order valence-electron chi connectivity index (χ4n) is 3.91. The van der Waals surface area contributed by atoms with Crippen molar-refractivity contribution in [3.05, 3.63) is 69.2 Å². The third-order valence-electron chi connectivity index (χ3n) is 6.33. The molecule has 0 aromatic heterocycles. The Morgan fingerprint density at radius 2 is 1.52 bits per heavy atom. The fraction of sp³-hybridized carbons (Fsp3) is 0.360. The van der Waals surface area contributed by atoms with Crippen molar-refractivity contribution in [2.24, 2.45) is 5.16 Å². The van der Waals surface area contributed by atoms with E-state index in [0.717, 1.165) is 25.1 Å². The van der Waals surface area contributed by atoms with Crippen LogP contribution >= 0.6 is 11.6 Å². The molecule has 0 bridgehead atoms. The summed E-state index contributed by atoms with van der Waals surface area (Å²) in [7, 11) is -3.94. The van der Waals surface area contributed by atoms with E-state index in [9.17, 15) is 66.5 Å². The molecule has 1 aliphatic rings. The van der Waals surface area contributed by atoms with E-state index in [4.69, 9.17) is 11.6 Å². The van der Waals surface area contributed by atoms with Crippen molar-refractivity contribution < 1.29 is 71.3 Å². The van der Waals surface area contributed by atoms with Crippen molar-refractivity contribution in [1.29, 1.82) is 0 Å². The smallest absolute Gasteiger partial charge is 0.374 e. The molecule has 0 aliphatic carbocycles. The number of hydrogen-bond acceptors (Lipinski definition) is 5. The summed E-state index contributed by atoms with van der Waals surface area (Å²) in [6, 6.07) is 2.61. The Kier molecular flexibility index (Phi) is 9.99. The molecule has 2 aromatic carbocycles. The number of alkyl halides is 12. The van der Waals surface area contributed by atoms with Crippen molar-refractivity contribution in [1.82, 2.24) is 10.0 Å². The van der Waals surface area contributed by atoms with Gasteiger partial charge in [-0.25, -0.2) is 4.21 Å². The van der Waals surface area contributed by atoms with Crippen LogP contribution in [0.25, 0.3) is 0 Å². The molecule has 2 unspecified atom stereocenters. The second-order valence-electron chi connectivity index (χ2n) is 9.51. The first-order valence-electron chi connectivity index (χ1n) is 12.3. The Balaban J connectivity index is 1.87. The zero-order valence-corrected chi connectivity index (χ0v) is 24.1. The van der Waals surface area contributed by atoms with E-state index in [1.165, 1.54) is 4.72 Å². The largest absolute Gasteiger partial charge is 0.472 e. The van der Waals surface area contributed by atoms with Crippen LogP contribution in [-0.4, -0.2) is 45.2 Å². The van der Waals surface area contributed by atoms with Gasteiger partial charge < -0.3 is 10.2 Å². The molecule has 0 fully saturated rings. The zero-order valence-electron chi connectivity index (χ0n) is 22.6. The van der Waals surface area contributed by atoms with Gasteiger partial charge in [-0.3, -0.25) is 14.3 Å². The molecule has 2 amide bonds. The van der Waals surface area contributed by atoms with E-state index < -0.39 is 92.9 Å². The van der Waals surface area contributed by atoms with Crippen molar-refractivity contribution in [3.8, 4) is 0 Å². The third kappa shape index (κ3) is 8.18. The van der Waals surface area contributed by atoms with Gasteiger partial charge in [0.25, 0.3) is 11.5 Å². The molecule has 2 aromatic rings. The highest BCUT2D eigenvalue weighted by atomic mass is 35.5. The van der Waals surface area contributed by atoms with Crippen LogP contribution in [0.4, 0.5) is 52.7 Å². The summed E-state index contributed by atoms with van der Waals surface area (Å²) in [5.74, 6) is -4.33. The molecule has 0 spiro atoms. The van der Waals surface area contributed by atoms with Gasteiger partial charge in [-0.2, -0.15) is 52.7 Å². The highest BCUT2D eigenvalue weighted by molar-refractivity contribution is 8.01. The SMILES string of the molecule is CCS(=O)(=CC(=O)NCc1ccc(C2=NOC(c3cc(C(F)(F)F)cc(C(F)(F)F)c3)(C(F)(F)F)C2)cc1Cl)NC(=O)C(F)(F)F. The van der Waals surface area contributed by atoms with Crippen LogP contribution in [0.5, 0.6) is 0 Å². The molecular formula is C25H18ClF12N3O4S. The summed E-state index contributed by atoms with van der Waals surface area (Å²) >= 11 is 6.12. The summed E-state index contributed by atoms with van der Waals surface area (Å²) in [6.07, 6.45) is -23.2. The summed E-state index contributed by atoms with van der Waals surface area (Å²) in [4.78, 5) is 27.8. The summed E-state index contributed by atoms with van der Waals surface area (Å²) < 4.78 is 174. The lowest BCUT2D eigenvalue weighted by Crippen LogP contribution is -2.43. The molecule has 3 rings (SSSR count). The number of rotatable bonds is 7. The van der Waals surface area contributed by atoms with Crippen molar-refractivity contribution in [3.63, 3.8) is 0 Å². The first-order chi connectivity index (χ1) is 20.8. The number of hydrogen-bond donors (Lipinski definition) is 2. The van der Waals surface area contributed by atoms with Crippen molar-refractivity contribution >= 4 is 44.2 Å². The summed E-state index contributed by atoms with van der Waals surface area (Å²) in [5.41, 5.74) is -10.0. The highest BCUT2D eigenvalue weighted by Crippen LogP contribution is 2.51. The molecule has 254 valence electrons. The van der Waals surface area contributed by atoms with Gasteiger partial charge in [-0.05, 0) is 29.8 Å². The Morgan fingerprint density at radius 3 is 1.98 bits per heavy atom. The molecule has 1 heterocycles. The van der Waals surface area contributed by atoms with Crippen molar-refractivity contribution in [2.75, 3.05) is 5.75 Å². The minimum Gasteiger partial charge on any atom is -0.374 e. The number of nitrogens with zero attached hydrogens (tertiary/aromatic N) is 1. The van der Waals surface area contributed by atoms with E-state index in [1.807, 2.05) is 0 Å². The Morgan fingerprint density at radius 1 is 0.957 bits per heavy atom. The maximum absolute atomic E-state index is 14.3. The Bertz CT molecular complexity index is 1640. The molecule has 0 radical (unpaired) electrons. The number of carbonyl (C=O) groups is 2.